The highest BCUT2D eigenvalue weighted by Gasteiger charge is 2.43. The molecule has 5 atom stereocenters. The van der Waals surface area contributed by atoms with Crippen LogP contribution in [0.25, 0.3) is 0 Å². The molecular weight excluding hydrogens is 692 g/mol. The second kappa shape index (κ2) is 20.4. The van der Waals surface area contributed by atoms with E-state index in [-0.39, 0.29) is 24.7 Å². The number of carboxylic acid groups (broad SMARTS) is 1. The van der Waals surface area contributed by atoms with Gasteiger partial charge in [-0.25, -0.2) is 14.7 Å². The molecule has 6 rings (SSSR count). The van der Waals surface area contributed by atoms with Crippen LogP contribution in [0.15, 0.2) is 0 Å². The van der Waals surface area contributed by atoms with E-state index in [9.17, 15) is 19.8 Å². The number of esters is 1. The van der Waals surface area contributed by atoms with E-state index in [0.717, 1.165) is 102 Å². The Morgan fingerprint density at radius 2 is 1.04 bits per heavy atom. The van der Waals surface area contributed by atoms with Gasteiger partial charge in [-0.2, -0.15) is 0 Å². The number of aliphatic hydroxyl groups is 1. The van der Waals surface area contributed by atoms with Crippen molar-refractivity contribution in [3.05, 3.63) is 0 Å². The van der Waals surface area contributed by atoms with Gasteiger partial charge >= 0.3 is 11.9 Å². The number of hydrogen-bond acceptors (Lipinski definition) is 10. The fraction of sp³-hybridized carbons (Fsp3) is 0.953. The van der Waals surface area contributed by atoms with Gasteiger partial charge in [0, 0.05) is 0 Å². The van der Waals surface area contributed by atoms with Crippen LogP contribution >= 0.6 is 0 Å². The van der Waals surface area contributed by atoms with E-state index in [1.165, 1.54) is 38.5 Å². The van der Waals surface area contributed by atoms with E-state index in [4.69, 9.17) is 29.2 Å². The maximum atomic E-state index is 12.9. The highest BCUT2D eigenvalue weighted by Crippen LogP contribution is 2.49. The van der Waals surface area contributed by atoms with Gasteiger partial charge in [0.25, 0.3) is 0 Å². The van der Waals surface area contributed by atoms with Gasteiger partial charge in [0.05, 0.1) is 61.7 Å². The smallest absolute Gasteiger partial charge is 0.310 e. The molecule has 0 spiro atoms. The number of ether oxygens (including phenoxy) is 3. The maximum Gasteiger partial charge on any atom is 0.310 e. The van der Waals surface area contributed by atoms with Crippen LogP contribution < -0.4 is 0 Å². The molecule has 0 heterocycles. The summed E-state index contributed by atoms with van der Waals surface area (Å²) in [6, 6.07) is 0. The maximum absolute atomic E-state index is 12.9. The summed E-state index contributed by atoms with van der Waals surface area (Å²) in [6.07, 6.45) is 22.8. The van der Waals surface area contributed by atoms with Crippen LogP contribution in [0.2, 0.25) is 0 Å². The predicted octanol–water partition coefficient (Wildman–Crippen LogP) is 8.44. The number of carbonyl (C=O) groups is 2. The van der Waals surface area contributed by atoms with Crippen molar-refractivity contribution in [3.8, 4) is 0 Å². The number of hydrogen-bond donors (Lipinski definition) is 3. The Bertz CT molecular complexity index is 1130. The molecule has 6 fully saturated rings. The predicted molar refractivity (Wildman–Crippen MR) is 201 cm³/mol. The molecule has 54 heavy (non-hydrogen) atoms. The van der Waals surface area contributed by atoms with Crippen molar-refractivity contribution < 1.29 is 53.9 Å². The summed E-state index contributed by atoms with van der Waals surface area (Å²) in [5.41, 5.74) is 0.312. The second-order valence-electron chi connectivity index (χ2n) is 18.8. The lowest BCUT2D eigenvalue weighted by atomic mass is 9.60. The summed E-state index contributed by atoms with van der Waals surface area (Å²) in [5, 5.41) is 28.4. The average Bonchev–Trinajstić information content (AvgIpc) is 3.17. The first-order valence-electron chi connectivity index (χ1n) is 22.1. The molecule has 0 saturated heterocycles. The summed E-state index contributed by atoms with van der Waals surface area (Å²) in [4.78, 5) is 40.6. The largest absolute Gasteiger partial charge is 0.481 e. The fourth-order valence-electron chi connectivity index (χ4n) is 11.3. The fourth-order valence-corrected chi connectivity index (χ4v) is 11.3. The van der Waals surface area contributed by atoms with Gasteiger partial charge in [-0.1, -0.05) is 26.7 Å². The normalized spacial score (nSPS) is 39.8. The molecule has 11 heteroatoms. The Morgan fingerprint density at radius 3 is 1.54 bits per heavy atom. The van der Waals surface area contributed by atoms with Gasteiger partial charge in [0.1, 0.15) is 6.10 Å². The summed E-state index contributed by atoms with van der Waals surface area (Å²) in [5.74, 6) is -0.777. The second-order valence-corrected chi connectivity index (χ2v) is 18.8. The molecule has 0 bridgehead atoms. The third-order valence-corrected chi connectivity index (χ3v) is 15.0. The third kappa shape index (κ3) is 11.6. The minimum absolute atomic E-state index is 0.119. The van der Waals surface area contributed by atoms with Crippen LogP contribution in [0.5, 0.6) is 0 Å². The van der Waals surface area contributed by atoms with Crippen molar-refractivity contribution in [1.29, 1.82) is 0 Å². The lowest BCUT2D eigenvalue weighted by Crippen LogP contribution is -2.41. The molecule has 0 radical (unpaired) electrons. The molecule has 0 aliphatic heterocycles. The highest BCUT2D eigenvalue weighted by atomic mass is 17.2. The van der Waals surface area contributed by atoms with E-state index in [1.807, 2.05) is 0 Å². The Labute approximate surface area is 323 Å². The van der Waals surface area contributed by atoms with Crippen LogP contribution in [0.1, 0.15) is 162 Å². The minimum Gasteiger partial charge on any atom is -0.481 e. The molecule has 3 N–H and O–H groups in total. The SMILES string of the molecule is CC(C)(C1CCC(OC2CCC(OOCC3CCCCC3COO)CC2)CC1)C1CCC(OC2CCC(OC(=O)C3CCC(O)CC3C(=O)O)CC2)CC1. The molecule has 6 saturated carbocycles. The van der Waals surface area contributed by atoms with Crippen LogP contribution in [-0.2, 0) is 38.5 Å². The van der Waals surface area contributed by atoms with Gasteiger partial charge < -0.3 is 24.4 Å². The van der Waals surface area contributed by atoms with Gasteiger partial charge in [-0.15, -0.1) is 0 Å². The Morgan fingerprint density at radius 1 is 0.574 bits per heavy atom. The molecule has 0 aromatic rings. The van der Waals surface area contributed by atoms with Crippen molar-refractivity contribution in [2.45, 2.75) is 204 Å². The topological polar surface area (TPSA) is 150 Å². The summed E-state index contributed by atoms with van der Waals surface area (Å²) >= 11 is 0. The zero-order chi connectivity index (χ0) is 38.1. The zero-order valence-electron chi connectivity index (χ0n) is 33.3. The first-order valence-corrected chi connectivity index (χ1v) is 22.1. The van der Waals surface area contributed by atoms with E-state index >= 15 is 0 Å². The zero-order valence-corrected chi connectivity index (χ0v) is 33.3. The number of carboxylic acids is 1. The quantitative estimate of drug-likeness (QED) is 0.0838. The van der Waals surface area contributed by atoms with Gasteiger partial charge in [0.15, 0.2) is 0 Å². The first kappa shape index (κ1) is 42.3. The van der Waals surface area contributed by atoms with Crippen molar-refractivity contribution in [2.24, 2.45) is 40.9 Å². The molecular formula is C43H72O11. The Balaban J connectivity index is 0.823. The van der Waals surface area contributed by atoms with Crippen LogP contribution in [0.3, 0.4) is 0 Å². The lowest BCUT2D eigenvalue weighted by Gasteiger charge is -2.47. The first-order chi connectivity index (χ1) is 26.1. The van der Waals surface area contributed by atoms with Crippen LogP contribution in [0, 0.1) is 40.9 Å². The molecule has 5 unspecified atom stereocenters. The Hall–Kier alpha value is -1.34. The molecule has 6 aliphatic rings. The van der Waals surface area contributed by atoms with Gasteiger partial charge in [-0.05, 0) is 164 Å². The molecule has 0 aromatic carbocycles. The number of aliphatic hydroxyl groups excluding tert-OH is 1. The molecule has 310 valence electrons. The van der Waals surface area contributed by atoms with Crippen molar-refractivity contribution in [1.82, 2.24) is 0 Å². The average molecular weight is 765 g/mol. The monoisotopic (exact) mass is 765 g/mol. The molecule has 0 aromatic heterocycles. The Kier molecular flexibility index (Phi) is 16.0. The number of rotatable bonds is 15. The van der Waals surface area contributed by atoms with E-state index in [2.05, 4.69) is 18.7 Å². The molecule has 0 amide bonds. The number of aliphatic carboxylic acids is 1. The molecule has 11 nitrogen and oxygen atoms in total. The van der Waals surface area contributed by atoms with Crippen LogP contribution in [-0.4, -0.2) is 83.4 Å². The van der Waals surface area contributed by atoms with Crippen molar-refractivity contribution >= 4 is 11.9 Å². The minimum atomic E-state index is -1.03. The van der Waals surface area contributed by atoms with Crippen molar-refractivity contribution in [3.63, 3.8) is 0 Å². The number of carbonyl (C=O) groups excluding carboxylic acids is 1. The van der Waals surface area contributed by atoms with E-state index < -0.39 is 29.9 Å². The third-order valence-electron chi connectivity index (χ3n) is 15.0. The van der Waals surface area contributed by atoms with E-state index in [0.29, 0.717) is 61.6 Å². The van der Waals surface area contributed by atoms with Gasteiger partial charge in [0.2, 0.25) is 0 Å². The van der Waals surface area contributed by atoms with E-state index in [1.54, 1.807) is 0 Å². The molecule has 6 aliphatic carbocycles. The lowest BCUT2D eigenvalue weighted by molar-refractivity contribution is -0.340. The van der Waals surface area contributed by atoms with Crippen LogP contribution in [0.4, 0.5) is 0 Å². The summed E-state index contributed by atoms with van der Waals surface area (Å²) in [6.45, 7) is 5.99. The summed E-state index contributed by atoms with van der Waals surface area (Å²) < 4.78 is 19.1. The van der Waals surface area contributed by atoms with Gasteiger partial charge in [-0.3, -0.25) is 14.8 Å². The highest BCUT2D eigenvalue weighted by molar-refractivity contribution is 5.81. The van der Waals surface area contributed by atoms with Crippen molar-refractivity contribution in [2.75, 3.05) is 13.2 Å². The summed E-state index contributed by atoms with van der Waals surface area (Å²) in [7, 11) is 0. The standard InChI is InChI=1S/C43H72O11/c1-43(2,31-9-14-34(15-10-31)52-36-20-22-38(23-21-36)54-50-27-29-6-4-3-5-28(29)26-49-48)30-7-12-33(13-8-30)51-35-16-18-37(19-17-35)53-42(47)39-24-11-32(44)25-40(39)41(45)46/h28-40,44,48H,3-27H2,1-2H3,(H,45,46).